The average Bonchev–Trinajstić information content (AvgIpc) is 3.34. The van der Waals surface area contributed by atoms with Crippen molar-refractivity contribution < 1.29 is 64.9 Å². The first-order valence-electron chi connectivity index (χ1n) is 18.8. The predicted octanol–water partition coefficient (Wildman–Crippen LogP) is 0.199. The van der Waals surface area contributed by atoms with Crippen LogP contribution in [0.4, 0.5) is 0 Å². The van der Waals surface area contributed by atoms with Gasteiger partial charge in [-0.2, -0.15) is 0 Å². The van der Waals surface area contributed by atoms with E-state index in [1.165, 1.54) is 0 Å². The third-order valence-corrected chi connectivity index (χ3v) is 14.1. The first-order valence-corrected chi connectivity index (χ1v) is 18.8. The van der Waals surface area contributed by atoms with Gasteiger partial charge in [-0.05, 0) is 78.9 Å². The monoisotopic (exact) mass is 714 g/mol. The molecule has 0 amide bonds. The number of ether oxygens (including phenoxy) is 4. The van der Waals surface area contributed by atoms with Crippen LogP contribution in [0.1, 0.15) is 79.6 Å². The number of aliphatic hydroxyl groups is 9. The Kier molecular flexibility index (Phi) is 11.3. The quantitative estimate of drug-likeness (QED) is 0.121. The van der Waals surface area contributed by atoms with Gasteiger partial charge in [-0.1, -0.05) is 46.8 Å². The minimum absolute atomic E-state index is 0.00989. The number of aliphatic hydroxyl groups excluding tert-OH is 8. The van der Waals surface area contributed by atoms with Gasteiger partial charge in [0.25, 0.3) is 0 Å². The summed E-state index contributed by atoms with van der Waals surface area (Å²) in [6.07, 6.45) is -4.31. The van der Waals surface area contributed by atoms with Gasteiger partial charge in [-0.3, -0.25) is 0 Å². The molecule has 6 fully saturated rings. The Bertz CT molecular complexity index is 1200. The first kappa shape index (κ1) is 38.9. The number of hydrogen-bond donors (Lipinski definition) is 9. The van der Waals surface area contributed by atoms with Gasteiger partial charge in [0.1, 0.15) is 36.6 Å². The molecule has 4 aliphatic carbocycles. The Morgan fingerprint density at radius 3 is 1.94 bits per heavy atom. The number of fused-ring (bicyclic) bond motifs is 5. The Hall–Kier alpha value is -0.780. The molecule has 0 radical (unpaired) electrons. The second kappa shape index (κ2) is 14.5. The molecule has 50 heavy (non-hydrogen) atoms. The molecular weight excluding hydrogens is 652 g/mol. The lowest BCUT2D eigenvalue weighted by Crippen LogP contribution is -2.68. The molecule has 0 bridgehead atoms. The minimum atomic E-state index is -1.39. The highest BCUT2D eigenvalue weighted by molar-refractivity contribution is 5.21. The first-order chi connectivity index (χ1) is 23.4. The molecule has 4 saturated carbocycles. The van der Waals surface area contributed by atoms with Gasteiger partial charge >= 0.3 is 0 Å². The third-order valence-electron chi connectivity index (χ3n) is 14.1. The molecule has 0 spiro atoms. The van der Waals surface area contributed by atoms with Crippen LogP contribution >= 0.6 is 0 Å². The van der Waals surface area contributed by atoms with E-state index in [1.807, 2.05) is 19.9 Å². The van der Waals surface area contributed by atoms with Crippen molar-refractivity contribution in [2.24, 2.45) is 46.3 Å². The zero-order chi connectivity index (χ0) is 36.5. The third kappa shape index (κ3) is 6.64. The Balaban J connectivity index is 1.15. The molecule has 9 N–H and O–H groups in total. The van der Waals surface area contributed by atoms with Crippen molar-refractivity contribution in [3.8, 4) is 0 Å². The maximum atomic E-state index is 12.8. The van der Waals surface area contributed by atoms with E-state index >= 15 is 0 Å². The Labute approximate surface area is 295 Å². The van der Waals surface area contributed by atoms with Crippen LogP contribution in [0.15, 0.2) is 12.2 Å². The zero-order valence-corrected chi connectivity index (χ0v) is 30.1. The topological polar surface area (TPSA) is 219 Å². The normalized spacial score (nSPS) is 53.9. The van der Waals surface area contributed by atoms with Gasteiger partial charge in [-0.15, -0.1) is 0 Å². The van der Waals surface area contributed by atoms with E-state index in [4.69, 9.17) is 18.9 Å². The highest BCUT2D eigenvalue weighted by atomic mass is 16.7. The highest BCUT2D eigenvalue weighted by Gasteiger charge is 2.70. The molecule has 17 unspecified atom stereocenters. The second-order valence-corrected chi connectivity index (χ2v) is 17.5. The number of allylic oxidation sites excluding steroid dienone is 1. The van der Waals surface area contributed by atoms with Crippen molar-refractivity contribution in [3.63, 3.8) is 0 Å². The van der Waals surface area contributed by atoms with E-state index in [2.05, 4.69) is 26.8 Å². The van der Waals surface area contributed by atoms with E-state index < -0.39 is 89.9 Å². The van der Waals surface area contributed by atoms with E-state index in [-0.39, 0.29) is 55.3 Å². The van der Waals surface area contributed by atoms with Gasteiger partial charge in [-0.25, -0.2) is 0 Å². The molecule has 288 valence electrons. The molecule has 20 atom stereocenters. The molecule has 2 saturated heterocycles. The van der Waals surface area contributed by atoms with Crippen LogP contribution in [0, 0.1) is 46.3 Å². The lowest BCUT2D eigenvalue weighted by atomic mass is 9.42. The van der Waals surface area contributed by atoms with Crippen LogP contribution in [0.3, 0.4) is 0 Å². The van der Waals surface area contributed by atoms with E-state index in [1.54, 1.807) is 0 Å². The van der Waals surface area contributed by atoms with E-state index in [9.17, 15) is 46.0 Å². The van der Waals surface area contributed by atoms with Crippen LogP contribution in [-0.4, -0.2) is 138 Å². The summed E-state index contributed by atoms with van der Waals surface area (Å²) in [5.41, 5.74) is -2.07. The summed E-state index contributed by atoms with van der Waals surface area (Å²) in [6.45, 7) is 10.1. The van der Waals surface area contributed by atoms with Gasteiger partial charge in [0, 0.05) is 12.3 Å². The minimum Gasteiger partial charge on any atom is -0.393 e. The van der Waals surface area contributed by atoms with Crippen LogP contribution < -0.4 is 0 Å². The predicted molar refractivity (Wildman–Crippen MR) is 178 cm³/mol. The smallest absolute Gasteiger partial charge is 0.186 e. The standard InChI is InChI=1S/C37H62O13/c1-17(2)26(50-34-31(45)29(43)25(41)16-48-34)7-6-18(3)20-13-22(38)32-36(20,5)11-9-27-35(4)10-8-19(12-21(35)23(39)14-37(27,32)46)49-33-30(44)28(42)24(40)15-47-33/h6-7,17-34,38-46H,8-16H2,1-5H3/b7-6+/t18?,19?,20?,21?,22?,23-,24?,25?,26?,27?,28?,29?,30?,31?,32?,33?,34?,35-,36+,37?/m0/s1. The van der Waals surface area contributed by atoms with Gasteiger partial charge < -0.3 is 64.9 Å². The van der Waals surface area contributed by atoms with Crippen molar-refractivity contribution in [3.05, 3.63) is 12.2 Å². The van der Waals surface area contributed by atoms with Crippen molar-refractivity contribution in [1.29, 1.82) is 0 Å². The van der Waals surface area contributed by atoms with Crippen LogP contribution in [-0.2, 0) is 18.9 Å². The molecular formula is C37H62O13. The molecule has 0 aromatic rings. The summed E-state index contributed by atoms with van der Waals surface area (Å²) in [4.78, 5) is 0. The Morgan fingerprint density at radius 2 is 1.30 bits per heavy atom. The molecule has 13 heteroatoms. The maximum Gasteiger partial charge on any atom is 0.186 e. The average molecular weight is 715 g/mol. The molecule has 0 aromatic heterocycles. The summed E-state index contributed by atoms with van der Waals surface area (Å²) >= 11 is 0. The summed E-state index contributed by atoms with van der Waals surface area (Å²) in [7, 11) is 0. The van der Waals surface area contributed by atoms with Crippen molar-refractivity contribution in [1.82, 2.24) is 0 Å². The molecule has 0 aromatic carbocycles. The summed E-state index contributed by atoms with van der Waals surface area (Å²) in [5.74, 6) is -0.657. The number of rotatable bonds is 8. The lowest BCUT2D eigenvalue weighted by molar-refractivity contribution is -0.300. The van der Waals surface area contributed by atoms with Crippen molar-refractivity contribution >= 4 is 0 Å². The van der Waals surface area contributed by atoms with Gasteiger partial charge in [0.2, 0.25) is 0 Å². The van der Waals surface area contributed by atoms with Crippen LogP contribution in [0.2, 0.25) is 0 Å². The van der Waals surface area contributed by atoms with Crippen molar-refractivity contribution in [2.75, 3.05) is 13.2 Å². The second-order valence-electron chi connectivity index (χ2n) is 17.5. The summed E-state index contributed by atoms with van der Waals surface area (Å²) in [6, 6.07) is 0. The molecule has 6 aliphatic rings. The molecule has 2 aliphatic heterocycles. The van der Waals surface area contributed by atoms with E-state index in [0.29, 0.717) is 25.7 Å². The van der Waals surface area contributed by atoms with Crippen LogP contribution in [0.5, 0.6) is 0 Å². The Morgan fingerprint density at radius 1 is 0.700 bits per heavy atom. The van der Waals surface area contributed by atoms with Gasteiger partial charge in [0.05, 0.1) is 43.2 Å². The fourth-order valence-electron chi connectivity index (χ4n) is 11.4. The van der Waals surface area contributed by atoms with Crippen molar-refractivity contribution in [2.45, 2.75) is 159 Å². The fraction of sp³-hybridized carbons (Fsp3) is 0.946. The molecule has 6 rings (SSSR count). The summed E-state index contributed by atoms with van der Waals surface area (Å²) in [5, 5.41) is 97.0. The number of hydrogen-bond acceptors (Lipinski definition) is 13. The molecule has 13 nitrogen and oxygen atoms in total. The zero-order valence-electron chi connectivity index (χ0n) is 30.1. The summed E-state index contributed by atoms with van der Waals surface area (Å²) < 4.78 is 23.2. The highest BCUT2D eigenvalue weighted by Crippen LogP contribution is 2.69. The van der Waals surface area contributed by atoms with Gasteiger partial charge in [0.15, 0.2) is 12.6 Å². The largest absolute Gasteiger partial charge is 0.393 e. The fourth-order valence-corrected chi connectivity index (χ4v) is 11.4. The maximum absolute atomic E-state index is 12.8. The van der Waals surface area contributed by atoms with E-state index in [0.717, 1.165) is 12.8 Å². The molecule has 2 heterocycles. The SMILES string of the molecule is CC(C)C(/C=C/C(C)C1CC(O)C2C3(O)C[C@H](O)C4CC(OC5OCC(O)C(O)C5O)CC[C@]4(C)C3CC[C@]12C)OC1OCC(O)C(O)C1O. The lowest BCUT2D eigenvalue weighted by Gasteiger charge is -2.66. The van der Waals surface area contributed by atoms with Crippen LogP contribution in [0.25, 0.3) is 0 Å².